The van der Waals surface area contributed by atoms with Crippen molar-refractivity contribution < 1.29 is 13.5 Å². The van der Waals surface area contributed by atoms with Crippen molar-refractivity contribution >= 4 is 27.0 Å². The van der Waals surface area contributed by atoms with Crippen molar-refractivity contribution in [2.45, 2.75) is 38.2 Å². The SMILES string of the molecule is FC1CN(CCc2cccnc2Oc2ccc3c(nnn3CC3CC3)c2Br)CC1F. The van der Waals surface area contributed by atoms with Crippen LogP contribution >= 0.6 is 15.9 Å². The van der Waals surface area contributed by atoms with Gasteiger partial charge in [-0.15, -0.1) is 5.10 Å². The van der Waals surface area contributed by atoms with Crippen LogP contribution in [0.2, 0.25) is 0 Å². The molecular weight excluding hydrogens is 456 g/mol. The Balaban J connectivity index is 1.33. The van der Waals surface area contributed by atoms with Crippen molar-refractivity contribution in [1.82, 2.24) is 24.9 Å². The van der Waals surface area contributed by atoms with Crippen LogP contribution in [0.1, 0.15) is 18.4 Å². The monoisotopic (exact) mass is 477 g/mol. The van der Waals surface area contributed by atoms with Crippen LogP contribution in [0.4, 0.5) is 8.78 Å². The number of benzene rings is 1. The molecule has 0 spiro atoms. The lowest BCUT2D eigenvalue weighted by Gasteiger charge is -2.16. The molecule has 2 unspecified atom stereocenters. The normalized spacial score (nSPS) is 22.1. The fourth-order valence-corrected chi connectivity index (χ4v) is 4.31. The highest BCUT2D eigenvalue weighted by atomic mass is 79.9. The Morgan fingerprint density at radius 3 is 2.70 bits per heavy atom. The Bertz CT molecular complexity index is 1050. The predicted octanol–water partition coefficient (Wildman–Crippen LogP) is 4.33. The van der Waals surface area contributed by atoms with Gasteiger partial charge in [-0.1, -0.05) is 11.3 Å². The number of aromatic nitrogens is 4. The Labute approximate surface area is 181 Å². The summed E-state index contributed by atoms with van der Waals surface area (Å²) in [6, 6.07) is 7.62. The quantitative estimate of drug-likeness (QED) is 0.506. The predicted molar refractivity (Wildman–Crippen MR) is 112 cm³/mol. The zero-order valence-electron chi connectivity index (χ0n) is 16.3. The minimum Gasteiger partial charge on any atom is -0.437 e. The molecule has 6 nitrogen and oxygen atoms in total. The van der Waals surface area contributed by atoms with E-state index in [4.69, 9.17) is 4.74 Å². The Hall–Kier alpha value is -2.13. The number of likely N-dealkylation sites (tertiary alicyclic amines) is 1. The van der Waals surface area contributed by atoms with Crippen molar-refractivity contribution in [3.05, 3.63) is 40.5 Å². The summed E-state index contributed by atoms with van der Waals surface area (Å²) >= 11 is 3.60. The largest absolute Gasteiger partial charge is 0.437 e. The zero-order chi connectivity index (χ0) is 20.7. The van der Waals surface area contributed by atoms with E-state index in [0.717, 1.165) is 27.6 Å². The van der Waals surface area contributed by atoms with Gasteiger partial charge in [-0.3, -0.25) is 4.90 Å². The third-order valence-electron chi connectivity index (χ3n) is 5.73. The number of halogens is 3. The van der Waals surface area contributed by atoms with E-state index in [0.29, 0.717) is 30.5 Å². The molecule has 0 bridgehead atoms. The molecule has 2 aliphatic rings. The average Bonchev–Trinajstić information content (AvgIpc) is 3.37. The van der Waals surface area contributed by atoms with Crippen LogP contribution in [0.3, 0.4) is 0 Å². The molecule has 1 aliphatic carbocycles. The molecule has 1 aliphatic heterocycles. The highest BCUT2D eigenvalue weighted by Crippen LogP contribution is 2.37. The fourth-order valence-electron chi connectivity index (χ4n) is 3.81. The van der Waals surface area contributed by atoms with Gasteiger partial charge in [0.1, 0.15) is 23.6 Å². The van der Waals surface area contributed by atoms with Gasteiger partial charge in [0.15, 0.2) is 0 Å². The van der Waals surface area contributed by atoms with Crippen LogP contribution in [0, 0.1) is 5.92 Å². The van der Waals surface area contributed by atoms with Crippen LogP contribution in [0.25, 0.3) is 11.0 Å². The van der Waals surface area contributed by atoms with E-state index in [1.54, 1.807) is 11.1 Å². The van der Waals surface area contributed by atoms with Crippen molar-refractivity contribution in [1.29, 1.82) is 0 Å². The van der Waals surface area contributed by atoms with Gasteiger partial charge in [0.25, 0.3) is 0 Å². The zero-order valence-corrected chi connectivity index (χ0v) is 17.9. The molecule has 1 aromatic carbocycles. The number of hydrogen-bond donors (Lipinski definition) is 0. The molecule has 1 saturated carbocycles. The summed E-state index contributed by atoms with van der Waals surface area (Å²) in [5, 5.41) is 8.60. The number of pyridine rings is 1. The first-order valence-corrected chi connectivity index (χ1v) is 11.0. The average molecular weight is 478 g/mol. The summed E-state index contributed by atoms with van der Waals surface area (Å²) in [6.45, 7) is 1.72. The van der Waals surface area contributed by atoms with E-state index in [-0.39, 0.29) is 13.1 Å². The molecular formula is C21H22BrF2N5O. The van der Waals surface area contributed by atoms with E-state index >= 15 is 0 Å². The number of rotatable bonds is 7. The van der Waals surface area contributed by atoms with Gasteiger partial charge in [0.05, 0.1) is 9.99 Å². The first-order valence-electron chi connectivity index (χ1n) is 10.2. The van der Waals surface area contributed by atoms with Crippen molar-refractivity contribution in [2.24, 2.45) is 5.92 Å². The molecule has 2 atom stereocenters. The highest BCUT2D eigenvalue weighted by Gasteiger charge is 2.32. The Kier molecular flexibility index (Phi) is 5.41. The van der Waals surface area contributed by atoms with Crippen molar-refractivity contribution in [2.75, 3.05) is 19.6 Å². The summed E-state index contributed by atoms with van der Waals surface area (Å²) in [7, 11) is 0. The summed E-state index contributed by atoms with van der Waals surface area (Å²) in [5.41, 5.74) is 2.61. The third kappa shape index (κ3) is 4.05. The summed E-state index contributed by atoms with van der Waals surface area (Å²) in [5.74, 6) is 1.79. The van der Waals surface area contributed by atoms with Crippen LogP contribution in [-0.4, -0.2) is 56.9 Å². The van der Waals surface area contributed by atoms with E-state index < -0.39 is 12.3 Å². The number of nitrogens with zero attached hydrogens (tertiary/aromatic N) is 5. The first kappa shape index (κ1) is 19.8. The topological polar surface area (TPSA) is 56.1 Å². The lowest BCUT2D eigenvalue weighted by Crippen LogP contribution is -2.24. The van der Waals surface area contributed by atoms with Gasteiger partial charge in [-0.05, 0) is 59.3 Å². The standard InChI is InChI=1S/C21H22BrF2N5O/c22-19-18(6-5-17-20(19)26-27-29(17)10-13-3-4-13)30-21-14(2-1-8-25-21)7-9-28-11-15(23)16(24)12-28/h1-2,5-6,8,13,15-16H,3-4,7,9-12H2. The van der Waals surface area contributed by atoms with Crippen LogP contribution in [-0.2, 0) is 13.0 Å². The lowest BCUT2D eigenvalue weighted by molar-refractivity contribution is 0.217. The van der Waals surface area contributed by atoms with Crippen molar-refractivity contribution in [3.63, 3.8) is 0 Å². The van der Waals surface area contributed by atoms with E-state index in [1.165, 1.54) is 12.8 Å². The minimum absolute atomic E-state index is 0.135. The molecule has 0 radical (unpaired) electrons. The molecule has 2 aromatic heterocycles. The van der Waals surface area contributed by atoms with Crippen LogP contribution < -0.4 is 4.74 Å². The second-order valence-electron chi connectivity index (χ2n) is 8.07. The molecule has 3 aromatic rings. The number of alkyl halides is 2. The molecule has 0 N–H and O–H groups in total. The maximum absolute atomic E-state index is 13.4. The van der Waals surface area contributed by atoms with Crippen LogP contribution in [0.15, 0.2) is 34.9 Å². The molecule has 3 heterocycles. The summed E-state index contributed by atoms with van der Waals surface area (Å²) in [6.07, 6.45) is 1.97. The minimum atomic E-state index is -1.40. The van der Waals surface area contributed by atoms with Crippen molar-refractivity contribution in [3.8, 4) is 11.6 Å². The Morgan fingerprint density at radius 2 is 1.93 bits per heavy atom. The van der Waals surface area contributed by atoms with Gasteiger partial charge in [0, 0.05) is 37.9 Å². The first-order chi connectivity index (χ1) is 14.6. The molecule has 30 heavy (non-hydrogen) atoms. The highest BCUT2D eigenvalue weighted by molar-refractivity contribution is 9.10. The molecule has 2 fully saturated rings. The summed E-state index contributed by atoms with van der Waals surface area (Å²) < 4.78 is 35.7. The second-order valence-corrected chi connectivity index (χ2v) is 8.86. The number of fused-ring (bicyclic) bond motifs is 1. The summed E-state index contributed by atoms with van der Waals surface area (Å²) in [4.78, 5) is 6.17. The second kappa shape index (κ2) is 8.19. The number of hydrogen-bond acceptors (Lipinski definition) is 5. The van der Waals surface area contributed by atoms with Gasteiger partial charge in [-0.25, -0.2) is 18.4 Å². The third-order valence-corrected chi connectivity index (χ3v) is 6.50. The van der Waals surface area contributed by atoms with E-state index in [2.05, 4.69) is 31.2 Å². The fraction of sp³-hybridized carbons (Fsp3) is 0.476. The Morgan fingerprint density at radius 1 is 1.13 bits per heavy atom. The maximum atomic E-state index is 13.4. The molecule has 0 amide bonds. The van der Waals surface area contributed by atoms with Crippen LogP contribution in [0.5, 0.6) is 11.6 Å². The molecule has 9 heteroatoms. The van der Waals surface area contributed by atoms with E-state index in [1.807, 2.05) is 28.9 Å². The lowest BCUT2D eigenvalue weighted by atomic mass is 10.2. The molecule has 1 saturated heterocycles. The van der Waals surface area contributed by atoms with Gasteiger partial charge < -0.3 is 4.74 Å². The smallest absolute Gasteiger partial charge is 0.222 e. The number of ether oxygens (including phenoxy) is 1. The van der Waals surface area contributed by atoms with E-state index in [9.17, 15) is 8.78 Å². The van der Waals surface area contributed by atoms with Gasteiger partial charge in [-0.2, -0.15) is 0 Å². The molecule has 158 valence electrons. The molecule has 5 rings (SSSR count). The van der Waals surface area contributed by atoms with Gasteiger partial charge in [0.2, 0.25) is 5.88 Å². The van der Waals surface area contributed by atoms with Gasteiger partial charge >= 0.3 is 0 Å². The maximum Gasteiger partial charge on any atom is 0.222 e.